The number of ether oxygens (including phenoxy) is 2. The molecule has 8 nitrogen and oxygen atoms in total. The van der Waals surface area contributed by atoms with Crippen molar-refractivity contribution in [2.45, 2.75) is 30.8 Å². The molecule has 0 spiro atoms. The van der Waals surface area contributed by atoms with Crippen molar-refractivity contribution in [1.82, 2.24) is 15.5 Å². The van der Waals surface area contributed by atoms with Crippen LogP contribution in [-0.2, 0) is 11.3 Å². The Morgan fingerprint density at radius 2 is 2.03 bits per heavy atom. The van der Waals surface area contributed by atoms with Gasteiger partial charge in [-0.25, -0.2) is 0 Å². The molecule has 31 heavy (non-hydrogen) atoms. The zero-order valence-electron chi connectivity index (χ0n) is 17.3. The highest BCUT2D eigenvalue weighted by atomic mass is 32.2. The van der Waals surface area contributed by atoms with E-state index in [1.807, 2.05) is 30.3 Å². The van der Waals surface area contributed by atoms with E-state index in [2.05, 4.69) is 34.7 Å². The highest BCUT2D eigenvalue weighted by molar-refractivity contribution is 8.01. The number of thioether (sulfide) groups is 1. The molecule has 0 saturated heterocycles. The number of hydrogen-bond donors (Lipinski definition) is 2. The van der Waals surface area contributed by atoms with Crippen molar-refractivity contribution in [1.29, 1.82) is 0 Å². The van der Waals surface area contributed by atoms with Gasteiger partial charge in [-0.2, -0.15) is 0 Å². The maximum Gasteiger partial charge on any atom is 0.230 e. The van der Waals surface area contributed by atoms with Crippen LogP contribution in [0.3, 0.4) is 0 Å². The summed E-state index contributed by atoms with van der Waals surface area (Å²) in [5, 5.41) is 15.2. The number of amides is 1. The zero-order valence-corrected chi connectivity index (χ0v) is 18.9. The number of benzene rings is 1. The summed E-state index contributed by atoms with van der Waals surface area (Å²) in [7, 11) is 0. The second kappa shape index (κ2) is 10.1. The topological polar surface area (TPSA) is 98.5 Å². The predicted octanol–water partition coefficient (Wildman–Crippen LogP) is 4.12. The molecular weight excluding hydrogens is 436 g/mol. The average molecular weight is 461 g/mol. The Bertz CT molecular complexity index is 1010. The van der Waals surface area contributed by atoms with E-state index < -0.39 is 0 Å². The molecule has 3 aromatic rings. The quantitative estimate of drug-likeness (QED) is 0.460. The molecule has 4 rings (SSSR count). The first kappa shape index (κ1) is 21.5. The average Bonchev–Trinajstić information content (AvgIpc) is 3.46. The van der Waals surface area contributed by atoms with E-state index in [9.17, 15) is 4.79 Å². The third kappa shape index (κ3) is 5.71. The summed E-state index contributed by atoms with van der Waals surface area (Å²) in [6.45, 7) is 5.79. The molecule has 1 aromatic carbocycles. The number of anilines is 1. The fourth-order valence-corrected chi connectivity index (χ4v) is 4.70. The smallest absolute Gasteiger partial charge is 0.230 e. The van der Waals surface area contributed by atoms with Crippen LogP contribution in [0.1, 0.15) is 31.2 Å². The lowest BCUT2D eigenvalue weighted by atomic mass is 9.95. The van der Waals surface area contributed by atoms with Crippen molar-refractivity contribution < 1.29 is 18.7 Å². The molecule has 10 heteroatoms. The second-order valence-corrected chi connectivity index (χ2v) is 9.49. The molecule has 164 valence electrons. The van der Waals surface area contributed by atoms with Gasteiger partial charge in [-0.3, -0.25) is 4.79 Å². The number of hydrogen-bond acceptors (Lipinski definition) is 9. The predicted molar refractivity (Wildman–Crippen MR) is 120 cm³/mol. The third-order valence-corrected chi connectivity index (χ3v) is 6.65. The van der Waals surface area contributed by atoms with Crippen LogP contribution in [0.5, 0.6) is 11.5 Å². The van der Waals surface area contributed by atoms with Gasteiger partial charge in [0.25, 0.3) is 0 Å². The SMILES string of the molecule is CC(C)C(NC(=O)CSc1nnc(NCc2ccco2)s1)c1ccc2c(c1)OCCO2. The van der Waals surface area contributed by atoms with E-state index >= 15 is 0 Å². The largest absolute Gasteiger partial charge is 0.486 e. The van der Waals surface area contributed by atoms with Crippen LogP contribution in [0.25, 0.3) is 0 Å². The van der Waals surface area contributed by atoms with Gasteiger partial charge < -0.3 is 24.5 Å². The van der Waals surface area contributed by atoms with Gasteiger partial charge in [-0.05, 0) is 35.7 Å². The van der Waals surface area contributed by atoms with E-state index in [0.29, 0.717) is 24.9 Å². The molecule has 1 aliphatic rings. The summed E-state index contributed by atoms with van der Waals surface area (Å²) < 4.78 is 17.3. The zero-order chi connectivity index (χ0) is 21.6. The number of nitrogens with zero attached hydrogens (tertiary/aromatic N) is 2. The second-order valence-electron chi connectivity index (χ2n) is 7.29. The van der Waals surface area contributed by atoms with E-state index in [1.165, 1.54) is 23.1 Å². The van der Waals surface area contributed by atoms with Gasteiger partial charge >= 0.3 is 0 Å². The summed E-state index contributed by atoms with van der Waals surface area (Å²) in [6.07, 6.45) is 1.63. The highest BCUT2D eigenvalue weighted by Gasteiger charge is 2.22. The van der Waals surface area contributed by atoms with Gasteiger partial charge in [-0.15, -0.1) is 10.2 Å². The Kier molecular flexibility index (Phi) is 6.98. The Morgan fingerprint density at radius 3 is 2.81 bits per heavy atom. The molecular formula is C21H24N4O4S2. The first-order valence-electron chi connectivity index (χ1n) is 10.00. The normalized spacial score (nSPS) is 13.8. The molecule has 1 aliphatic heterocycles. The molecule has 0 radical (unpaired) electrons. The minimum absolute atomic E-state index is 0.0566. The molecule has 1 atom stereocenters. The van der Waals surface area contributed by atoms with Crippen molar-refractivity contribution >= 4 is 34.1 Å². The Hall–Kier alpha value is -2.72. The van der Waals surface area contributed by atoms with Crippen LogP contribution >= 0.6 is 23.1 Å². The summed E-state index contributed by atoms with van der Waals surface area (Å²) in [4.78, 5) is 12.6. The van der Waals surface area contributed by atoms with Crippen molar-refractivity contribution in [3.8, 4) is 11.5 Å². The van der Waals surface area contributed by atoms with Crippen LogP contribution < -0.4 is 20.1 Å². The Labute approximate surface area is 188 Å². The summed E-state index contributed by atoms with van der Waals surface area (Å²) in [6, 6.07) is 9.44. The summed E-state index contributed by atoms with van der Waals surface area (Å²) >= 11 is 2.78. The highest BCUT2D eigenvalue weighted by Crippen LogP contribution is 2.34. The van der Waals surface area contributed by atoms with Crippen molar-refractivity contribution in [2.24, 2.45) is 5.92 Å². The molecule has 2 aromatic heterocycles. The summed E-state index contributed by atoms with van der Waals surface area (Å²) in [5.41, 5.74) is 0.998. The number of rotatable bonds is 9. The van der Waals surface area contributed by atoms with Crippen LogP contribution in [0.15, 0.2) is 45.4 Å². The lowest BCUT2D eigenvalue weighted by Crippen LogP contribution is -2.33. The molecule has 1 unspecified atom stereocenters. The van der Waals surface area contributed by atoms with E-state index in [-0.39, 0.29) is 23.6 Å². The van der Waals surface area contributed by atoms with Gasteiger partial charge in [0, 0.05) is 0 Å². The maximum atomic E-state index is 12.6. The summed E-state index contributed by atoms with van der Waals surface area (Å²) in [5.74, 6) is 2.71. The lowest BCUT2D eigenvalue weighted by Gasteiger charge is -2.25. The fraction of sp³-hybridized carbons (Fsp3) is 0.381. The minimum Gasteiger partial charge on any atom is -0.486 e. The molecule has 0 bridgehead atoms. The standard InChI is InChI=1S/C21H24N4O4S2/c1-13(2)19(14-5-6-16-17(10-14)29-9-8-28-16)23-18(26)12-30-21-25-24-20(31-21)22-11-15-4-3-7-27-15/h3-7,10,13,19H,8-9,11-12H2,1-2H3,(H,22,24)(H,23,26). The van der Waals surface area contributed by atoms with Crippen LogP contribution in [0.2, 0.25) is 0 Å². The van der Waals surface area contributed by atoms with E-state index in [1.54, 1.807) is 6.26 Å². The molecule has 3 heterocycles. The van der Waals surface area contributed by atoms with Crippen LogP contribution in [-0.4, -0.2) is 35.1 Å². The van der Waals surface area contributed by atoms with Crippen LogP contribution in [0, 0.1) is 5.92 Å². The van der Waals surface area contributed by atoms with Gasteiger partial charge in [0.2, 0.25) is 11.0 Å². The third-order valence-electron chi connectivity index (χ3n) is 4.64. The number of furan rings is 1. The molecule has 0 fully saturated rings. The van der Waals surface area contributed by atoms with E-state index in [0.717, 1.165) is 27.2 Å². The number of fused-ring (bicyclic) bond motifs is 1. The lowest BCUT2D eigenvalue weighted by molar-refractivity contribution is -0.119. The van der Waals surface area contributed by atoms with E-state index in [4.69, 9.17) is 13.9 Å². The number of nitrogens with one attached hydrogen (secondary N) is 2. The van der Waals surface area contributed by atoms with Crippen molar-refractivity contribution in [3.05, 3.63) is 47.9 Å². The van der Waals surface area contributed by atoms with Gasteiger partial charge in [0.05, 0.1) is 24.6 Å². The molecule has 2 N–H and O–H groups in total. The minimum atomic E-state index is -0.121. The Balaban J connectivity index is 1.31. The first-order valence-corrected chi connectivity index (χ1v) is 11.8. The monoisotopic (exact) mass is 460 g/mol. The Morgan fingerprint density at radius 1 is 1.19 bits per heavy atom. The number of carbonyl (C=O) groups excluding carboxylic acids is 1. The molecule has 0 saturated carbocycles. The fourth-order valence-electron chi connectivity index (χ4n) is 3.15. The van der Waals surface area contributed by atoms with Crippen molar-refractivity contribution in [2.75, 3.05) is 24.3 Å². The van der Waals surface area contributed by atoms with Gasteiger partial charge in [0.1, 0.15) is 19.0 Å². The van der Waals surface area contributed by atoms with Crippen LogP contribution in [0.4, 0.5) is 5.13 Å². The van der Waals surface area contributed by atoms with Crippen molar-refractivity contribution in [3.63, 3.8) is 0 Å². The molecule has 1 amide bonds. The first-order chi connectivity index (χ1) is 15.1. The maximum absolute atomic E-state index is 12.6. The molecule has 0 aliphatic carbocycles. The van der Waals surface area contributed by atoms with Gasteiger partial charge in [0.15, 0.2) is 15.8 Å². The number of aromatic nitrogens is 2. The number of carbonyl (C=O) groups is 1. The van der Waals surface area contributed by atoms with Gasteiger partial charge in [-0.1, -0.05) is 43.0 Å².